The summed E-state index contributed by atoms with van der Waals surface area (Å²) in [5.74, 6) is -0.561. The molecule has 0 aromatic carbocycles. The van der Waals surface area contributed by atoms with Crippen molar-refractivity contribution >= 4 is 5.97 Å². The number of methoxy groups -OCH3 is 1. The van der Waals surface area contributed by atoms with Crippen molar-refractivity contribution in [3.8, 4) is 0 Å². The van der Waals surface area contributed by atoms with Gasteiger partial charge in [0.2, 0.25) is 0 Å². The van der Waals surface area contributed by atoms with E-state index >= 15 is 0 Å². The lowest BCUT2D eigenvalue weighted by Crippen LogP contribution is -2.31. The van der Waals surface area contributed by atoms with Gasteiger partial charge in [0.25, 0.3) is 0 Å². The van der Waals surface area contributed by atoms with Gasteiger partial charge in [0.1, 0.15) is 0 Å². The molecule has 0 amide bonds. The molecular weight excluding hydrogens is 156 g/mol. The Kier molecular flexibility index (Phi) is 3.09. The molecule has 0 radical (unpaired) electrons. The molecule has 0 bridgehead atoms. The van der Waals surface area contributed by atoms with Crippen LogP contribution in [0, 0.1) is 11.8 Å². The maximum Gasteiger partial charge on any atom is 0.306 e. The van der Waals surface area contributed by atoms with Crippen LogP contribution in [0.2, 0.25) is 0 Å². The predicted molar refractivity (Wildman–Crippen MR) is 44.9 cm³/mol. The minimum absolute atomic E-state index is 0.156. The number of rotatable bonds is 2. The van der Waals surface area contributed by atoms with E-state index in [1.807, 2.05) is 6.92 Å². The maximum atomic E-state index is 10.7. The Morgan fingerprint density at radius 1 is 1.50 bits per heavy atom. The first-order valence-corrected chi connectivity index (χ1v) is 4.40. The average molecular weight is 172 g/mol. The Morgan fingerprint density at radius 2 is 2.17 bits per heavy atom. The van der Waals surface area contributed by atoms with Gasteiger partial charge in [-0.1, -0.05) is 6.92 Å². The number of carbonyl (C=O) groups is 1. The summed E-state index contributed by atoms with van der Waals surface area (Å²) in [6.07, 6.45) is 2.80. The molecule has 1 aliphatic carbocycles. The molecule has 1 aliphatic rings. The molecule has 1 saturated carbocycles. The summed E-state index contributed by atoms with van der Waals surface area (Å²) in [7, 11) is 1.69. The summed E-state index contributed by atoms with van der Waals surface area (Å²) in [6.45, 7) is 1.99. The van der Waals surface area contributed by atoms with Crippen molar-refractivity contribution in [2.24, 2.45) is 11.8 Å². The molecule has 0 aliphatic heterocycles. The molecule has 70 valence electrons. The summed E-state index contributed by atoms with van der Waals surface area (Å²) >= 11 is 0. The SMILES string of the molecule is CO[C@H]1CC[C@@H](C(=O)O)[C@H](C)C1. The number of aliphatic carboxylic acids is 1. The van der Waals surface area contributed by atoms with Gasteiger partial charge < -0.3 is 9.84 Å². The van der Waals surface area contributed by atoms with Gasteiger partial charge in [-0.25, -0.2) is 0 Å². The van der Waals surface area contributed by atoms with Crippen LogP contribution in [-0.4, -0.2) is 24.3 Å². The monoisotopic (exact) mass is 172 g/mol. The first-order chi connectivity index (χ1) is 5.65. The third kappa shape index (κ3) is 1.97. The topological polar surface area (TPSA) is 46.5 Å². The molecule has 3 atom stereocenters. The van der Waals surface area contributed by atoms with Gasteiger partial charge in [-0.2, -0.15) is 0 Å². The second kappa shape index (κ2) is 3.90. The third-order valence-corrected chi connectivity index (χ3v) is 2.77. The second-order valence-electron chi connectivity index (χ2n) is 3.59. The standard InChI is InChI=1S/C9H16O3/c1-6-5-7(12-2)3-4-8(6)9(10)11/h6-8H,3-5H2,1-2H3,(H,10,11)/t6-,7+,8-/m1/s1. The number of carboxylic acids is 1. The summed E-state index contributed by atoms with van der Waals surface area (Å²) < 4.78 is 5.20. The summed E-state index contributed by atoms with van der Waals surface area (Å²) in [4.78, 5) is 10.7. The van der Waals surface area contributed by atoms with Gasteiger partial charge in [-0.3, -0.25) is 4.79 Å². The van der Waals surface area contributed by atoms with Crippen LogP contribution < -0.4 is 0 Å². The molecule has 1 rings (SSSR count). The molecule has 3 heteroatoms. The number of carboxylic acid groups (broad SMARTS) is 1. The Labute approximate surface area is 72.7 Å². The van der Waals surface area contributed by atoms with Crippen LogP contribution in [0.15, 0.2) is 0 Å². The maximum absolute atomic E-state index is 10.7. The van der Waals surface area contributed by atoms with E-state index in [9.17, 15) is 4.79 Å². The third-order valence-electron chi connectivity index (χ3n) is 2.77. The Morgan fingerprint density at radius 3 is 2.58 bits per heavy atom. The Hall–Kier alpha value is -0.570. The van der Waals surface area contributed by atoms with Crippen LogP contribution in [0.3, 0.4) is 0 Å². The molecule has 0 aromatic rings. The minimum Gasteiger partial charge on any atom is -0.481 e. The molecule has 12 heavy (non-hydrogen) atoms. The normalized spacial score (nSPS) is 36.3. The smallest absolute Gasteiger partial charge is 0.306 e. The molecule has 0 aromatic heterocycles. The van der Waals surface area contributed by atoms with E-state index in [1.54, 1.807) is 7.11 Å². The fraction of sp³-hybridized carbons (Fsp3) is 0.889. The molecule has 1 fully saturated rings. The van der Waals surface area contributed by atoms with E-state index in [-0.39, 0.29) is 17.9 Å². The first-order valence-electron chi connectivity index (χ1n) is 4.40. The molecular formula is C9H16O3. The van der Waals surface area contributed by atoms with E-state index in [0.717, 1.165) is 19.3 Å². The van der Waals surface area contributed by atoms with E-state index in [4.69, 9.17) is 9.84 Å². The fourth-order valence-electron chi connectivity index (χ4n) is 1.93. The molecule has 0 unspecified atom stereocenters. The Balaban J connectivity index is 2.47. The zero-order valence-corrected chi connectivity index (χ0v) is 7.62. The first kappa shape index (κ1) is 9.52. The van der Waals surface area contributed by atoms with E-state index in [2.05, 4.69) is 0 Å². The Bertz CT molecular complexity index is 167. The van der Waals surface area contributed by atoms with Crippen molar-refractivity contribution in [1.29, 1.82) is 0 Å². The van der Waals surface area contributed by atoms with Crippen molar-refractivity contribution in [3.05, 3.63) is 0 Å². The highest BCUT2D eigenvalue weighted by atomic mass is 16.5. The van der Waals surface area contributed by atoms with Crippen molar-refractivity contribution in [1.82, 2.24) is 0 Å². The number of hydrogen-bond acceptors (Lipinski definition) is 2. The van der Waals surface area contributed by atoms with Crippen LogP contribution in [0.5, 0.6) is 0 Å². The lowest BCUT2D eigenvalue weighted by Gasteiger charge is -2.30. The highest BCUT2D eigenvalue weighted by molar-refractivity contribution is 5.70. The molecule has 0 saturated heterocycles. The zero-order valence-electron chi connectivity index (χ0n) is 7.62. The van der Waals surface area contributed by atoms with Crippen LogP contribution in [0.4, 0.5) is 0 Å². The van der Waals surface area contributed by atoms with Gasteiger partial charge >= 0.3 is 5.97 Å². The van der Waals surface area contributed by atoms with E-state index in [0.29, 0.717) is 0 Å². The predicted octanol–water partition coefficient (Wildman–Crippen LogP) is 1.52. The van der Waals surface area contributed by atoms with Gasteiger partial charge in [-0.05, 0) is 25.2 Å². The molecule has 1 N–H and O–H groups in total. The second-order valence-corrected chi connectivity index (χ2v) is 3.59. The van der Waals surface area contributed by atoms with Gasteiger partial charge in [0, 0.05) is 7.11 Å². The number of ether oxygens (including phenoxy) is 1. The lowest BCUT2D eigenvalue weighted by atomic mass is 9.79. The lowest BCUT2D eigenvalue weighted by molar-refractivity contribution is -0.145. The summed E-state index contributed by atoms with van der Waals surface area (Å²) in [6, 6.07) is 0. The highest BCUT2D eigenvalue weighted by Crippen LogP contribution is 2.31. The molecule has 3 nitrogen and oxygen atoms in total. The highest BCUT2D eigenvalue weighted by Gasteiger charge is 2.31. The largest absolute Gasteiger partial charge is 0.481 e. The minimum atomic E-state index is -0.656. The van der Waals surface area contributed by atoms with Crippen molar-refractivity contribution in [3.63, 3.8) is 0 Å². The van der Waals surface area contributed by atoms with Gasteiger partial charge in [-0.15, -0.1) is 0 Å². The van der Waals surface area contributed by atoms with Crippen LogP contribution in [-0.2, 0) is 9.53 Å². The van der Waals surface area contributed by atoms with E-state index in [1.165, 1.54) is 0 Å². The van der Waals surface area contributed by atoms with Crippen LogP contribution in [0.25, 0.3) is 0 Å². The molecule has 0 heterocycles. The van der Waals surface area contributed by atoms with Gasteiger partial charge in [0.05, 0.1) is 12.0 Å². The van der Waals surface area contributed by atoms with Crippen molar-refractivity contribution < 1.29 is 14.6 Å². The number of hydrogen-bond donors (Lipinski definition) is 1. The summed E-state index contributed by atoms with van der Waals surface area (Å²) in [5, 5.41) is 8.83. The zero-order chi connectivity index (χ0) is 9.14. The van der Waals surface area contributed by atoms with Gasteiger partial charge in [0.15, 0.2) is 0 Å². The molecule has 0 spiro atoms. The quantitative estimate of drug-likeness (QED) is 0.687. The average Bonchev–Trinajstić information content (AvgIpc) is 2.03. The van der Waals surface area contributed by atoms with Crippen LogP contribution >= 0.6 is 0 Å². The van der Waals surface area contributed by atoms with E-state index < -0.39 is 5.97 Å². The van der Waals surface area contributed by atoms with Crippen molar-refractivity contribution in [2.75, 3.05) is 7.11 Å². The fourth-order valence-corrected chi connectivity index (χ4v) is 1.93. The summed E-state index contributed by atoms with van der Waals surface area (Å²) in [5.41, 5.74) is 0. The van der Waals surface area contributed by atoms with Crippen LogP contribution in [0.1, 0.15) is 26.2 Å². The van der Waals surface area contributed by atoms with Crippen molar-refractivity contribution in [2.45, 2.75) is 32.3 Å².